The summed E-state index contributed by atoms with van der Waals surface area (Å²) in [7, 11) is 1.86. The molecule has 8 heteroatoms. The number of hydrogen-bond donors (Lipinski definition) is 3. The van der Waals surface area contributed by atoms with Gasteiger partial charge in [0.1, 0.15) is 5.60 Å². The van der Waals surface area contributed by atoms with Gasteiger partial charge in [0.15, 0.2) is 0 Å². The van der Waals surface area contributed by atoms with Gasteiger partial charge in [-0.2, -0.15) is 5.10 Å². The standard InChI is InChI=1S/C23H31N5O3/c1-16-4-3-5-17(12-16)22(30)24-13-21(29)25-18-14-28(15-18)19-6-9-23(31,10-7-19)20-8-11-27(2)26-20/h3-5,8,11-12,18-19,31H,6-7,9-10,13-15H2,1-2H3,(H,24,30)(H,25,29). The van der Waals surface area contributed by atoms with Gasteiger partial charge in [0.2, 0.25) is 5.91 Å². The third-order valence-electron chi connectivity index (χ3n) is 6.45. The Morgan fingerprint density at radius 2 is 1.97 bits per heavy atom. The number of aliphatic hydroxyl groups is 1. The minimum Gasteiger partial charge on any atom is -0.383 e. The lowest BCUT2D eigenvalue weighted by atomic mass is 9.79. The van der Waals surface area contributed by atoms with Gasteiger partial charge in [-0.3, -0.25) is 19.2 Å². The summed E-state index contributed by atoms with van der Waals surface area (Å²) in [5, 5.41) is 21.0. The van der Waals surface area contributed by atoms with Crippen LogP contribution in [-0.2, 0) is 17.4 Å². The molecule has 1 saturated heterocycles. The van der Waals surface area contributed by atoms with Crippen LogP contribution in [0.4, 0.5) is 0 Å². The van der Waals surface area contributed by atoms with Gasteiger partial charge in [0.05, 0.1) is 18.3 Å². The first kappa shape index (κ1) is 21.5. The topological polar surface area (TPSA) is 99.5 Å². The number of aromatic nitrogens is 2. The van der Waals surface area contributed by atoms with Crippen LogP contribution >= 0.6 is 0 Å². The van der Waals surface area contributed by atoms with Crippen molar-refractivity contribution in [2.45, 2.75) is 50.3 Å². The first-order valence-corrected chi connectivity index (χ1v) is 10.9. The third kappa shape index (κ3) is 4.97. The van der Waals surface area contributed by atoms with Gasteiger partial charge in [0, 0.05) is 37.9 Å². The van der Waals surface area contributed by atoms with Crippen molar-refractivity contribution in [2.75, 3.05) is 19.6 Å². The lowest BCUT2D eigenvalue weighted by Gasteiger charge is -2.48. The van der Waals surface area contributed by atoms with E-state index in [1.54, 1.807) is 16.8 Å². The fourth-order valence-electron chi connectivity index (χ4n) is 4.59. The molecule has 1 aliphatic carbocycles. The van der Waals surface area contributed by atoms with E-state index < -0.39 is 5.60 Å². The number of rotatable bonds is 6. The minimum atomic E-state index is -0.828. The fourth-order valence-corrected chi connectivity index (χ4v) is 4.59. The number of hydrogen-bond acceptors (Lipinski definition) is 5. The Morgan fingerprint density at radius 1 is 1.23 bits per heavy atom. The highest BCUT2D eigenvalue weighted by atomic mass is 16.3. The Labute approximate surface area is 182 Å². The van der Waals surface area contributed by atoms with Crippen LogP contribution in [0.3, 0.4) is 0 Å². The molecular weight excluding hydrogens is 394 g/mol. The second kappa shape index (κ2) is 8.80. The van der Waals surface area contributed by atoms with Crippen molar-refractivity contribution in [2.24, 2.45) is 7.05 Å². The third-order valence-corrected chi connectivity index (χ3v) is 6.45. The van der Waals surface area contributed by atoms with E-state index in [4.69, 9.17) is 0 Å². The predicted octanol–water partition coefficient (Wildman–Crippen LogP) is 1.09. The minimum absolute atomic E-state index is 0.0240. The number of benzene rings is 1. The summed E-state index contributed by atoms with van der Waals surface area (Å²) in [5.41, 5.74) is 1.50. The van der Waals surface area contributed by atoms with E-state index in [0.717, 1.165) is 37.2 Å². The number of carbonyl (C=O) groups excluding carboxylic acids is 2. The van der Waals surface area contributed by atoms with Gasteiger partial charge >= 0.3 is 0 Å². The van der Waals surface area contributed by atoms with Crippen molar-refractivity contribution in [1.29, 1.82) is 0 Å². The van der Waals surface area contributed by atoms with E-state index in [2.05, 4.69) is 20.6 Å². The largest absolute Gasteiger partial charge is 0.383 e. The summed E-state index contributed by atoms with van der Waals surface area (Å²) in [5.74, 6) is -0.407. The molecule has 0 atom stereocenters. The molecule has 2 heterocycles. The molecule has 2 fully saturated rings. The van der Waals surface area contributed by atoms with Crippen molar-refractivity contribution in [3.05, 3.63) is 53.3 Å². The zero-order chi connectivity index (χ0) is 22.0. The smallest absolute Gasteiger partial charge is 0.251 e. The molecule has 31 heavy (non-hydrogen) atoms. The van der Waals surface area contributed by atoms with Crippen molar-refractivity contribution < 1.29 is 14.7 Å². The molecule has 1 aromatic heterocycles. The van der Waals surface area contributed by atoms with Crippen molar-refractivity contribution in [3.63, 3.8) is 0 Å². The molecule has 0 bridgehead atoms. The molecular formula is C23H31N5O3. The Hall–Kier alpha value is -2.71. The lowest BCUT2D eigenvalue weighted by molar-refractivity contribution is -0.122. The normalized spacial score (nSPS) is 24.4. The highest BCUT2D eigenvalue weighted by molar-refractivity contribution is 5.96. The number of nitrogens with zero attached hydrogens (tertiary/aromatic N) is 3. The number of aryl methyl sites for hydroxylation is 2. The van der Waals surface area contributed by atoms with Gasteiger partial charge in [-0.25, -0.2) is 0 Å². The molecule has 2 aliphatic rings. The Bertz CT molecular complexity index is 942. The number of carbonyl (C=O) groups is 2. The Balaban J connectivity index is 1.16. The maximum atomic E-state index is 12.2. The Morgan fingerprint density at radius 3 is 2.61 bits per heavy atom. The van der Waals surface area contributed by atoms with Crippen molar-refractivity contribution >= 4 is 11.8 Å². The van der Waals surface area contributed by atoms with Crippen LogP contribution in [0.1, 0.15) is 47.3 Å². The molecule has 1 saturated carbocycles. The van der Waals surface area contributed by atoms with Crippen LogP contribution < -0.4 is 10.6 Å². The number of amides is 2. The van der Waals surface area contributed by atoms with Crippen molar-refractivity contribution in [3.8, 4) is 0 Å². The van der Waals surface area contributed by atoms with E-state index in [9.17, 15) is 14.7 Å². The van der Waals surface area contributed by atoms with E-state index in [1.807, 2.05) is 38.4 Å². The summed E-state index contributed by atoms with van der Waals surface area (Å²) >= 11 is 0. The molecule has 2 amide bonds. The molecule has 0 spiro atoms. The molecule has 0 unspecified atom stereocenters. The summed E-state index contributed by atoms with van der Waals surface area (Å²) < 4.78 is 1.73. The second-order valence-corrected chi connectivity index (χ2v) is 8.91. The first-order valence-electron chi connectivity index (χ1n) is 10.9. The maximum Gasteiger partial charge on any atom is 0.251 e. The van der Waals surface area contributed by atoms with Crippen LogP contribution in [-0.4, -0.2) is 63.3 Å². The quantitative estimate of drug-likeness (QED) is 0.643. The summed E-state index contributed by atoms with van der Waals surface area (Å²) in [6, 6.07) is 9.73. The average molecular weight is 426 g/mol. The number of nitrogens with one attached hydrogen (secondary N) is 2. The molecule has 8 nitrogen and oxygen atoms in total. The summed E-state index contributed by atoms with van der Waals surface area (Å²) in [6.07, 6.45) is 5.10. The monoisotopic (exact) mass is 425 g/mol. The molecule has 1 aromatic carbocycles. The van der Waals surface area contributed by atoms with E-state index >= 15 is 0 Å². The van der Waals surface area contributed by atoms with Gasteiger partial charge < -0.3 is 15.7 Å². The van der Waals surface area contributed by atoms with Gasteiger partial charge in [0.25, 0.3) is 5.91 Å². The van der Waals surface area contributed by atoms with Crippen LogP contribution in [0.15, 0.2) is 36.5 Å². The highest BCUT2D eigenvalue weighted by Crippen LogP contribution is 2.38. The van der Waals surface area contributed by atoms with Crippen LogP contribution in [0.2, 0.25) is 0 Å². The molecule has 4 rings (SSSR count). The Kier molecular flexibility index (Phi) is 6.11. The van der Waals surface area contributed by atoms with E-state index in [1.165, 1.54) is 0 Å². The number of likely N-dealkylation sites (tertiary alicyclic amines) is 1. The molecule has 2 aromatic rings. The van der Waals surface area contributed by atoms with Crippen LogP contribution in [0, 0.1) is 6.92 Å². The van der Waals surface area contributed by atoms with E-state index in [0.29, 0.717) is 24.4 Å². The van der Waals surface area contributed by atoms with Gasteiger partial charge in [-0.15, -0.1) is 0 Å². The fraction of sp³-hybridized carbons (Fsp3) is 0.522. The predicted molar refractivity (Wildman–Crippen MR) is 116 cm³/mol. The van der Waals surface area contributed by atoms with Gasteiger partial charge in [-0.1, -0.05) is 17.7 Å². The van der Waals surface area contributed by atoms with Crippen molar-refractivity contribution in [1.82, 2.24) is 25.3 Å². The molecule has 166 valence electrons. The second-order valence-electron chi connectivity index (χ2n) is 8.91. The zero-order valence-corrected chi connectivity index (χ0v) is 18.2. The van der Waals surface area contributed by atoms with Gasteiger partial charge in [-0.05, 0) is 50.8 Å². The van der Waals surface area contributed by atoms with Crippen LogP contribution in [0.25, 0.3) is 0 Å². The molecule has 1 aliphatic heterocycles. The molecule has 0 radical (unpaired) electrons. The first-order chi connectivity index (χ1) is 14.8. The maximum absolute atomic E-state index is 12.2. The van der Waals surface area contributed by atoms with E-state index in [-0.39, 0.29) is 24.4 Å². The molecule has 3 N–H and O–H groups in total. The zero-order valence-electron chi connectivity index (χ0n) is 18.2. The average Bonchev–Trinajstić information content (AvgIpc) is 3.17. The van der Waals surface area contributed by atoms with Crippen LogP contribution in [0.5, 0.6) is 0 Å². The highest BCUT2D eigenvalue weighted by Gasteiger charge is 2.41. The lowest BCUT2D eigenvalue weighted by Crippen LogP contribution is -2.63. The summed E-state index contributed by atoms with van der Waals surface area (Å²) in [6.45, 7) is 3.52. The SMILES string of the molecule is Cc1cccc(C(=O)NCC(=O)NC2CN(C3CCC(O)(c4ccn(C)n4)CC3)C2)c1. The summed E-state index contributed by atoms with van der Waals surface area (Å²) in [4.78, 5) is 26.7.